The highest BCUT2D eigenvalue weighted by Gasteiger charge is 2.30. The third kappa shape index (κ3) is 5.85. The van der Waals surface area contributed by atoms with Crippen molar-refractivity contribution in [3.8, 4) is 0 Å². The van der Waals surface area contributed by atoms with Crippen LogP contribution >= 0.6 is 11.3 Å². The number of hydrogen-bond acceptors (Lipinski definition) is 4. The lowest BCUT2D eigenvalue weighted by atomic mass is 10.2. The molecule has 0 aliphatic carbocycles. The highest BCUT2D eigenvalue weighted by molar-refractivity contribution is 7.13. The molecule has 0 aromatic carbocycles. The maximum absolute atomic E-state index is 12.1. The molecule has 1 aromatic rings. The number of halogens is 3. The van der Waals surface area contributed by atoms with Gasteiger partial charge in [-0.05, 0) is 6.92 Å². The van der Waals surface area contributed by atoms with E-state index in [1.54, 1.807) is 5.38 Å². The molecule has 0 fully saturated rings. The van der Waals surface area contributed by atoms with E-state index in [1.165, 1.54) is 18.3 Å². The lowest BCUT2D eigenvalue weighted by Crippen LogP contribution is -2.23. The van der Waals surface area contributed by atoms with Crippen LogP contribution in [0.3, 0.4) is 0 Å². The van der Waals surface area contributed by atoms with E-state index in [4.69, 9.17) is 5.11 Å². The number of aryl methyl sites for hydroxylation is 1. The summed E-state index contributed by atoms with van der Waals surface area (Å²) in [6.07, 6.45) is -4.91. The van der Waals surface area contributed by atoms with Gasteiger partial charge in [0.05, 0.1) is 18.5 Å². The van der Waals surface area contributed by atoms with Gasteiger partial charge in [-0.15, -0.1) is 11.3 Å². The van der Waals surface area contributed by atoms with Crippen LogP contribution in [0.2, 0.25) is 0 Å². The van der Waals surface area contributed by atoms with Crippen molar-refractivity contribution in [1.29, 1.82) is 0 Å². The average molecular weight is 282 g/mol. The second-order valence-corrected chi connectivity index (χ2v) is 4.76. The quantitative estimate of drug-likeness (QED) is 0.842. The first-order chi connectivity index (χ1) is 8.26. The summed E-state index contributed by atoms with van der Waals surface area (Å²) in [5, 5.41) is 13.2. The largest absolute Gasteiger partial charge is 0.481 e. The zero-order valence-corrected chi connectivity index (χ0v) is 10.4. The summed E-state index contributed by atoms with van der Waals surface area (Å²) in [7, 11) is 0. The molecule has 0 saturated carbocycles. The van der Waals surface area contributed by atoms with Crippen molar-refractivity contribution in [2.45, 2.75) is 38.4 Å². The van der Waals surface area contributed by atoms with E-state index < -0.39 is 24.6 Å². The minimum absolute atomic E-state index is 0.0404. The monoisotopic (exact) mass is 282 g/mol. The summed E-state index contributed by atoms with van der Waals surface area (Å²) in [5.74, 6) is -0.928. The van der Waals surface area contributed by atoms with Crippen LogP contribution in [0.15, 0.2) is 5.38 Å². The average Bonchev–Trinajstić information content (AvgIpc) is 2.59. The molecule has 18 heavy (non-hydrogen) atoms. The number of carboxylic acid groups (broad SMARTS) is 1. The molecule has 1 atom stereocenters. The van der Waals surface area contributed by atoms with Gasteiger partial charge in [0, 0.05) is 17.8 Å². The lowest BCUT2D eigenvalue weighted by Gasteiger charge is -2.14. The van der Waals surface area contributed by atoms with Gasteiger partial charge in [-0.2, -0.15) is 13.2 Å². The Morgan fingerprint density at radius 2 is 2.28 bits per heavy atom. The molecule has 0 radical (unpaired) electrons. The van der Waals surface area contributed by atoms with Crippen molar-refractivity contribution in [2.75, 3.05) is 5.32 Å². The molecule has 0 aliphatic heterocycles. The number of carbonyl (C=O) groups is 1. The van der Waals surface area contributed by atoms with Gasteiger partial charge >= 0.3 is 12.1 Å². The number of nitrogens with zero attached hydrogens (tertiary/aromatic N) is 1. The smallest absolute Gasteiger partial charge is 0.391 e. The predicted molar refractivity (Wildman–Crippen MR) is 61.8 cm³/mol. The second-order valence-electron chi connectivity index (χ2n) is 3.90. The minimum Gasteiger partial charge on any atom is -0.481 e. The van der Waals surface area contributed by atoms with Crippen LogP contribution in [0.1, 0.15) is 25.5 Å². The highest BCUT2D eigenvalue weighted by atomic mass is 32.1. The van der Waals surface area contributed by atoms with E-state index in [-0.39, 0.29) is 12.8 Å². The number of aromatic nitrogens is 1. The Morgan fingerprint density at radius 3 is 2.83 bits per heavy atom. The summed E-state index contributed by atoms with van der Waals surface area (Å²) < 4.78 is 36.3. The van der Waals surface area contributed by atoms with Crippen LogP contribution in [0.25, 0.3) is 0 Å². The van der Waals surface area contributed by atoms with E-state index in [1.807, 2.05) is 0 Å². The van der Waals surface area contributed by atoms with E-state index in [0.717, 1.165) is 0 Å². The number of hydrogen-bond donors (Lipinski definition) is 2. The van der Waals surface area contributed by atoms with Gasteiger partial charge in [-0.25, -0.2) is 4.98 Å². The van der Waals surface area contributed by atoms with Crippen LogP contribution in [0, 0.1) is 0 Å². The SMILES string of the molecule is CC(CC(F)(F)F)Nc1nc(CCC(=O)O)cs1. The van der Waals surface area contributed by atoms with Gasteiger partial charge in [-0.3, -0.25) is 4.79 Å². The molecule has 4 nitrogen and oxygen atoms in total. The Balaban J connectivity index is 2.46. The molecule has 1 unspecified atom stereocenters. The number of nitrogens with one attached hydrogen (secondary N) is 1. The molecule has 0 saturated heterocycles. The third-order valence-corrected chi connectivity index (χ3v) is 2.88. The Morgan fingerprint density at radius 1 is 1.61 bits per heavy atom. The fourth-order valence-electron chi connectivity index (χ4n) is 1.33. The highest BCUT2D eigenvalue weighted by Crippen LogP contribution is 2.24. The molecule has 0 spiro atoms. The zero-order chi connectivity index (χ0) is 13.8. The Hall–Kier alpha value is -1.31. The molecular formula is C10H13F3N2O2S. The first-order valence-electron chi connectivity index (χ1n) is 5.26. The van der Waals surface area contributed by atoms with Crippen LogP contribution in [0.5, 0.6) is 0 Å². The molecular weight excluding hydrogens is 269 g/mol. The Labute approximate surface area is 106 Å². The van der Waals surface area contributed by atoms with Crippen molar-refractivity contribution < 1.29 is 23.1 Å². The van der Waals surface area contributed by atoms with Gasteiger partial charge in [-0.1, -0.05) is 0 Å². The van der Waals surface area contributed by atoms with E-state index in [2.05, 4.69) is 10.3 Å². The molecule has 0 bridgehead atoms. The number of thiazole rings is 1. The van der Waals surface area contributed by atoms with Crippen LogP contribution in [-0.2, 0) is 11.2 Å². The summed E-state index contributed by atoms with van der Waals surface area (Å²) in [4.78, 5) is 14.4. The number of anilines is 1. The topological polar surface area (TPSA) is 62.2 Å². The fraction of sp³-hybridized carbons (Fsp3) is 0.600. The normalized spacial score (nSPS) is 13.3. The fourth-order valence-corrected chi connectivity index (χ4v) is 2.19. The van der Waals surface area contributed by atoms with Crippen molar-refractivity contribution >= 4 is 22.4 Å². The summed E-state index contributed by atoms with van der Waals surface area (Å²) >= 11 is 1.17. The third-order valence-electron chi connectivity index (χ3n) is 2.05. The van der Waals surface area contributed by atoms with Crippen molar-refractivity contribution in [2.24, 2.45) is 0 Å². The molecule has 1 heterocycles. The van der Waals surface area contributed by atoms with Gasteiger partial charge in [0.2, 0.25) is 0 Å². The van der Waals surface area contributed by atoms with Gasteiger partial charge < -0.3 is 10.4 Å². The Kier molecular flexibility index (Phi) is 4.94. The number of carboxylic acids is 1. The molecule has 0 amide bonds. The van der Waals surface area contributed by atoms with E-state index in [9.17, 15) is 18.0 Å². The molecule has 2 N–H and O–H groups in total. The number of rotatable bonds is 6. The first-order valence-corrected chi connectivity index (χ1v) is 6.13. The van der Waals surface area contributed by atoms with Crippen molar-refractivity contribution in [3.05, 3.63) is 11.1 Å². The Bertz CT molecular complexity index is 406. The molecule has 8 heteroatoms. The first kappa shape index (κ1) is 14.7. The molecule has 1 aromatic heterocycles. The number of aliphatic carboxylic acids is 1. The molecule has 102 valence electrons. The summed E-state index contributed by atoms with van der Waals surface area (Å²) in [5.41, 5.74) is 0.573. The van der Waals surface area contributed by atoms with Crippen molar-refractivity contribution in [1.82, 2.24) is 4.98 Å². The summed E-state index contributed by atoms with van der Waals surface area (Å²) in [6, 6.07) is -0.761. The van der Waals surface area contributed by atoms with Gasteiger partial charge in [0.25, 0.3) is 0 Å². The van der Waals surface area contributed by atoms with Crippen LogP contribution < -0.4 is 5.32 Å². The van der Waals surface area contributed by atoms with Crippen LogP contribution in [0.4, 0.5) is 18.3 Å². The lowest BCUT2D eigenvalue weighted by molar-refractivity contribution is -0.137. The van der Waals surface area contributed by atoms with E-state index >= 15 is 0 Å². The summed E-state index contributed by atoms with van der Waals surface area (Å²) in [6.45, 7) is 1.42. The van der Waals surface area contributed by atoms with Gasteiger partial charge in [0.1, 0.15) is 0 Å². The standard InChI is InChI=1S/C10H13F3N2O2S/c1-6(4-10(11,12)13)14-9-15-7(5-18-9)2-3-8(16)17/h5-6H,2-4H2,1H3,(H,14,15)(H,16,17). The predicted octanol–water partition coefficient (Wildman–Crippen LogP) is 2.91. The minimum atomic E-state index is -4.21. The second kappa shape index (κ2) is 6.03. The van der Waals surface area contributed by atoms with E-state index in [0.29, 0.717) is 10.8 Å². The van der Waals surface area contributed by atoms with Crippen LogP contribution in [-0.4, -0.2) is 28.3 Å². The molecule has 0 aliphatic rings. The van der Waals surface area contributed by atoms with Crippen molar-refractivity contribution in [3.63, 3.8) is 0 Å². The number of alkyl halides is 3. The zero-order valence-electron chi connectivity index (χ0n) is 9.62. The maximum atomic E-state index is 12.1. The maximum Gasteiger partial charge on any atom is 0.391 e. The van der Waals surface area contributed by atoms with Gasteiger partial charge in [0.15, 0.2) is 5.13 Å². The molecule has 1 rings (SSSR count).